The molecule has 0 N–H and O–H groups in total. The molecule has 30 heavy (non-hydrogen) atoms. The molecule has 2 aromatic heterocycles. The van der Waals surface area contributed by atoms with Gasteiger partial charge in [0.25, 0.3) is 5.56 Å². The number of aromatic nitrogens is 4. The van der Waals surface area contributed by atoms with Crippen LogP contribution >= 0.6 is 0 Å². The number of benzene rings is 2. The van der Waals surface area contributed by atoms with Crippen LogP contribution in [0.4, 0.5) is 0 Å². The fourth-order valence-corrected chi connectivity index (χ4v) is 4.70. The summed E-state index contributed by atoms with van der Waals surface area (Å²) < 4.78 is 3.89. The number of hydrogen-bond donors (Lipinski definition) is 0. The van der Waals surface area contributed by atoms with Crippen molar-refractivity contribution in [3.63, 3.8) is 0 Å². The van der Waals surface area contributed by atoms with Crippen LogP contribution in [0.25, 0.3) is 22.0 Å². The number of fused-ring (bicyclic) bond motifs is 1. The van der Waals surface area contributed by atoms with Gasteiger partial charge < -0.3 is 4.57 Å². The minimum Gasteiger partial charge on any atom is -0.337 e. The van der Waals surface area contributed by atoms with Crippen LogP contribution in [-0.4, -0.2) is 19.3 Å². The molecule has 2 aromatic carbocycles. The number of rotatable bonds is 5. The van der Waals surface area contributed by atoms with Gasteiger partial charge in [0, 0.05) is 36.4 Å². The van der Waals surface area contributed by atoms with Crippen molar-refractivity contribution in [2.45, 2.75) is 38.8 Å². The molecule has 0 radical (unpaired) electrons. The fraction of sp³-hybridized carbons (Fsp3) is 0.320. The van der Waals surface area contributed by atoms with Gasteiger partial charge in [0.05, 0.1) is 17.4 Å². The van der Waals surface area contributed by atoms with Crippen molar-refractivity contribution in [1.29, 1.82) is 0 Å². The van der Waals surface area contributed by atoms with Gasteiger partial charge in [-0.25, -0.2) is 9.67 Å². The SMILES string of the molecule is O=c1c2ccccc2c(-c2ccccc2)nn1CC1CCC(Cn2ccnc2)CC1. The van der Waals surface area contributed by atoms with Crippen LogP contribution in [0.2, 0.25) is 0 Å². The maximum atomic E-state index is 13.2. The van der Waals surface area contributed by atoms with Crippen LogP contribution in [0, 0.1) is 11.8 Å². The second-order valence-electron chi connectivity index (χ2n) is 8.39. The van der Waals surface area contributed by atoms with Crippen molar-refractivity contribution in [1.82, 2.24) is 19.3 Å². The van der Waals surface area contributed by atoms with Gasteiger partial charge in [-0.3, -0.25) is 4.79 Å². The molecule has 0 atom stereocenters. The Morgan fingerprint density at radius 2 is 1.50 bits per heavy atom. The van der Waals surface area contributed by atoms with Crippen molar-refractivity contribution in [3.05, 3.63) is 83.7 Å². The van der Waals surface area contributed by atoms with Gasteiger partial charge in [-0.15, -0.1) is 0 Å². The molecule has 5 heteroatoms. The maximum Gasteiger partial charge on any atom is 0.274 e. The lowest BCUT2D eigenvalue weighted by atomic mass is 9.82. The smallest absolute Gasteiger partial charge is 0.274 e. The molecule has 0 unspecified atom stereocenters. The molecule has 1 fully saturated rings. The second-order valence-corrected chi connectivity index (χ2v) is 8.39. The van der Waals surface area contributed by atoms with Gasteiger partial charge in [-0.2, -0.15) is 5.10 Å². The highest BCUT2D eigenvalue weighted by molar-refractivity contribution is 5.93. The summed E-state index contributed by atoms with van der Waals surface area (Å²) in [6, 6.07) is 18.0. The lowest BCUT2D eigenvalue weighted by Crippen LogP contribution is -2.29. The monoisotopic (exact) mass is 398 g/mol. The van der Waals surface area contributed by atoms with E-state index in [-0.39, 0.29) is 5.56 Å². The molecule has 0 aliphatic heterocycles. The minimum atomic E-state index is 0.0193. The molecule has 0 bridgehead atoms. The Balaban J connectivity index is 1.39. The highest BCUT2D eigenvalue weighted by atomic mass is 16.1. The van der Waals surface area contributed by atoms with E-state index < -0.39 is 0 Å². The Bertz CT molecular complexity index is 1170. The maximum absolute atomic E-state index is 13.2. The Labute approximate surface area is 176 Å². The molecular weight excluding hydrogens is 372 g/mol. The predicted molar refractivity (Wildman–Crippen MR) is 119 cm³/mol. The zero-order valence-corrected chi connectivity index (χ0v) is 17.0. The molecule has 1 aliphatic carbocycles. The lowest BCUT2D eigenvalue weighted by molar-refractivity contribution is 0.227. The number of hydrogen-bond acceptors (Lipinski definition) is 3. The van der Waals surface area contributed by atoms with Crippen LogP contribution < -0.4 is 5.56 Å². The topological polar surface area (TPSA) is 52.7 Å². The van der Waals surface area contributed by atoms with Crippen molar-refractivity contribution in [3.8, 4) is 11.3 Å². The zero-order valence-electron chi connectivity index (χ0n) is 17.0. The zero-order chi connectivity index (χ0) is 20.3. The Morgan fingerprint density at radius 1 is 0.833 bits per heavy atom. The lowest BCUT2D eigenvalue weighted by Gasteiger charge is -2.29. The molecule has 5 nitrogen and oxygen atoms in total. The first-order chi connectivity index (χ1) is 14.8. The molecule has 0 saturated heterocycles. The molecule has 1 aliphatic rings. The van der Waals surface area contributed by atoms with Gasteiger partial charge in [0.1, 0.15) is 0 Å². The number of nitrogens with zero attached hydrogens (tertiary/aromatic N) is 4. The number of imidazole rings is 1. The average molecular weight is 399 g/mol. The molecule has 0 amide bonds. The van der Waals surface area contributed by atoms with Crippen LogP contribution in [0.15, 0.2) is 78.1 Å². The molecule has 5 rings (SSSR count). The molecule has 2 heterocycles. The van der Waals surface area contributed by atoms with Gasteiger partial charge >= 0.3 is 0 Å². The van der Waals surface area contributed by atoms with E-state index in [4.69, 9.17) is 5.10 Å². The minimum absolute atomic E-state index is 0.0193. The third-order valence-corrected chi connectivity index (χ3v) is 6.34. The van der Waals surface area contributed by atoms with E-state index in [0.29, 0.717) is 18.4 Å². The Morgan fingerprint density at radius 3 is 2.20 bits per heavy atom. The van der Waals surface area contributed by atoms with E-state index in [1.807, 2.05) is 61.2 Å². The summed E-state index contributed by atoms with van der Waals surface area (Å²) in [7, 11) is 0. The standard InChI is InChI=1S/C25H26N4O/c30-25-23-9-5-4-8-22(23)24(21-6-2-1-3-7-21)27-29(25)17-20-12-10-19(11-13-20)16-28-15-14-26-18-28/h1-9,14-15,18-20H,10-13,16-17H2. The summed E-state index contributed by atoms with van der Waals surface area (Å²) in [6.07, 6.45) is 10.4. The molecule has 0 spiro atoms. The third-order valence-electron chi connectivity index (χ3n) is 6.34. The average Bonchev–Trinajstić information content (AvgIpc) is 3.31. The normalized spacial score (nSPS) is 19.2. The summed E-state index contributed by atoms with van der Waals surface area (Å²) >= 11 is 0. The van der Waals surface area contributed by atoms with Crippen LogP contribution in [-0.2, 0) is 13.1 Å². The van der Waals surface area contributed by atoms with Crippen molar-refractivity contribution >= 4 is 10.8 Å². The van der Waals surface area contributed by atoms with Crippen molar-refractivity contribution in [2.24, 2.45) is 11.8 Å². The van der Waals surface area contributed by atoms with E-state index in [0.717, 1.165) is 41.4 Å². The van der Waals surface area contributed by atoms with Crippen molar-refractivity contribution in [2.75, 3.05) is 0 Å². The molecule has 1 saturated carbocycles. The van der Waals surface area contributed by atoms with E-state index in [2.05, 4.69) is 21.7 Å². The van der Waals surface area contributed by atoms with Gasteiger partial charge in [0.2, 0.25) is 0 Å². The second kappa shape index (κ2) is 8.27. The summed E-state index contributed by atoms with van der Waals surface area (Å²) in [5.74, 6) is 1.19. The first-order valence-electron chi connectivity index (χ1n) is 10.8. The molecule has 152 valence electrons. The predicted octanol–water partition coefficient (Wildman–Crippen LogP) is 4.77. The first-order valence-corrected chi connectivity index (χ1v) is 10.8. The summed E-state index contributed by atoms with van der Waals surface area (Å²) in [5, 5.41) is 6.51. The quantitative estimate of drug-likeness (QED) is 0.487. The third kappa shape index (κ3) is 3.80. The fourth-order valence-electron chi connectivity index (χ4n) is 4.70. The van der Waals surface area contributed by atoms with E-state index in [1.54, 1.807) is 4.68 Å². The summed E-state index contributed by atoms with van der Waals surface area (Å²) in [4.78, 5) is 17.3. The highest BCUT2D eigenvalue weighted by Gasteiger charge is 2.23. The highest BCUT2D eigenvalue weighted by Crippen LogP contribution is 2.31. The summed E-state index contributed by atoms with van der Waals surface area (Å²) in [5.41, 5.74) is 1.96. The summed E-state index contributed by atoms with van der Waals surface area (Å²) in [6.45, 7) is 1.74. The Hall–Kier alpha value is -3.21. The van der Waals surface area contributed by atoms with Gasteiger partial charge in [0.15, 0.2) is 0 Å². The first kappa shape index (κ1) is 18.8. The van der Waals surface area contributed by atoms with Crippen LogP contribution in [0.3, 0.4) is 0 Å². The Kier molecular flexibility index (Phi) is 5.18. The van der Waals surface area contributed by atoms with E-state index >= 15 is 0 Å². The van der Waals surface area contributed by atoms with Crippen LogP contribution in [0.5, 0.6) is 0 Å². The largest absolute Gasteiger partial charge is 0.337 e. The molecule has 4 aromatic rings. The molecular formula is C25H26N4O. The van der Waals surface area contributed by atoms with E-state index in [1.165, 1.54) is 12.8 Å². The van der Waals surface area contributed by atoms with Gasteiger partial charge in [-0.05, 0) is 43.6 Å². The van der Waals surface area contributed by atoms with Crippen LogP contribution in [0.1, 0.15) is 25.7 Å². The van der Waals surface area contributed by atoms with Gasteiger partial charge in [-0.1, -0.05) is 48.5 Å². The van der Waals surface area contributed by atoms with E-state index in [9.17, 15) is 4.79 Å². The van der Waals surface area contributed by atoms with Crippen molar-refractivity contribution < 1.29 is 0 Å².